The minimum Gasteiger partial charge on any atom is -0.314 e. The van der Waals surface area contributed by atoms with Crippen molar-refractivity contribution in [2.45, 2.75) is 32.9 Å². The number of halogens is 1. The fraction of sp³-hybridized carbons (Fsp3) is 0.400. The van der Waals surface area contributed by atoms with Crippen LogP contribution in [0.2, 0.25) is 0 Å². The van der Waals surface area contributed by atoms with Crippen molar-refractivity contribution in [3.8, 4) is 0 Å². The topological polar surface area (TPSA) is 53.1 Å². The highest BCUT2D eigenvalue weighted by molar-refractivity contribution is 5.98. The molecular weight excluding hydrogens is 315 g/mol. The van der Waals surface area contributed by atoms with Crippen LogP contribution in [0.1, 0.15) is 31.0 Å². The van der Waals surface area contributed by atoms with Crippen molar-refractivity contribution >= 4 is 22.3 Å². The van der Waals surface area contributed by atoms with Gasteiger partial charge in [-0.3, -0.25) is 10.1 Å². The van der Waals surface area contributed by atoms with Crippen LogP contribution in [0.25, 0.3) is 16.6 Å². The zero-order valence-electron chi connectivity index (χ0n) is 14.8. The molecule has 2 atom stereocenters. The standard InChI is InChI=1S/C20H25FN4/c1-4-16(10-14-8-9-22-12-18(14)21)23-19(5-2)15-6-7-20-17(11-15)13(3)24-25-20/h4-7,11,14,18,22H,1,8-10,12H2,2-3H3,(H,24,25)/b19-5-,23-16?. The molecule has 0 bridgehead atoms. The van der Waals surface area contributed by atoms with Crippen LogP contribution in [0.3, 0.4) is 0 Å². The van der Waals surface area contributed by atoms with Gasteiger partial charge in [-0.05, 0) is 57.4 Å². The molecule has 1 aromatic heterocycles. The Bertz CT molecular complexity index is 818. The maximum absolute atomic E-state index is 14.1. The number of piperidine rings is 1. The monoisotopic (exact) mass is 340 g/mol. The minimum atomic E-state index is -0.821. The first kappa shape index (κ1) is 17.5. The lowest BCUT2D eigenvalue weighted by Gasteiger charge is -2.26. The second kappa shape index (κ2) is 7.74. The third kappa shape index (κ3) is 3.87. The maximum Gasteiger partial charge on any atom is 0.116 e. The van der Waals surface area contributed by atoms with Gasteiger partial charge in [0.15, 0.2) is 0 Å². The predicted octanol–water partition coefficient (Wildman–Crippen LogP) is 4.20. The first-order chi connectivity index (χ1) is 12.1. The molecule has 5 heteroatoms. The van der Waals surface area contributed by atoms with Gasteiger partial charge in [0, 0.05) is 28.9 Å². The molecule has 0 aliphatic carbocycles. The molecule has 4 nitrogen and oxygen atoms in total. The van der Waals surface area contributed by atoms with E-state index in [4.69, 9.17) is 4.99 Å². The average molecular weight is 340 g/mol. The van der Waals surface area contributed by atoms with Crippen LogP contribution in [0.5, 0.6) is 0 Å². The quantitative estimate of drug-likeness (QED) is 0.802. The van der Waals surface area contributed by atoms with E-state index in [1.165, 1.54) is 0 Å². The number of benzene rings is 1. The Morgan fingerprint density at radius 2 is 2.32 bits per heavy atom. The normalized spacial score (nSPS) is 22.4. The van der Waals surface area contributed by atoms with E-state index >= 15 is 0 Å². The van der Waals surface area contributed by atoms with E-state index in [9.17, 15) is 4.39 Å². The zero-order valence-corrected chi connectivity index (χ0v) is 14.8. The first-order valence-electron chi connectivity index (χ1n) is 8.78. The number of aromatic amines is 1. The third-order valence-electron chi connectivity index (χ3n) is 4.83. The predicted molar refractivity (Wildman–Crippen MR) is 103 cm³/mol. The molecule has 25 heavy (non-hydrogen) atoms. The van der Waals surface area contributed by atoms with E-state index in [0.717, 1.165) is 46.5 Å². The lowest BCUT2D eigenvalue weighted by atomic mass is 9.90. The highest BCUT2D eigenvalue weighted by atomic mass is 19.1. The maximum atomic E-state index is 14.1. The summed E-state index contributed by atoms with van der Waals surface area (Å²) in [5.41, 5.74) is 4.73. The molecule has 0 amide bonds. The Balaban J connectivity index is 1.86. The summed E-state index contributed by atoms with van der Waals surface area (Å²) in [5, 5.41) is 11.5. The fourth-order valence-corrected chi connectivity index (χ4v) is 3.30. The lowest BCUT2D eigenvalue weighted by Crippen LogP contribution is -2.38. The number of alkyl halides is 1. The Morgan fingerprint density at radius 1 is 1.48 bits per heavy atom. The molecule has 2 aromatic rings. The molecule has 1 fully saturated rings. The van der Waals surface area contributed by atoms with Gasteiger partial charge in [0.05, 0.1) is 11.2 Å². The number of fused-ring (bicyclic) bond motifs is 1. The number of allylic oxidation sites excluding steroid dienone is 2. The molecule has 1 saturated heterocycles. The number of hydrogen-bond donors (Lipinski definition) is 2. The highest BCUT2D eigenvalue weighted by Crippen LogP contribution is 2.25. The molecule has 3 rings (SSSR count). The molecule has 2 N–H and O–H groups in total. The van der Waals surface area contributed by atoms with Crippen molar-refractivity contribution in [3.63, 3.8) is 0 Å². The van der Waals surface area contributed by atoms with E-state index in [1.807, 2.05) is 32.1 Å². The number of aromatic nitrogens is 2. The number of aliphatic imine (C=N–C) groups is 1. The summed E-state index contributed by atoms with van der Waals surface area (Å²) >= 11 is 0. The van der Waals surface area contributed by atoms with Gasteiger partial charge in [-0.1, -0.05) is 18.7 Å². The number of nitrogens with one attached hydrogen (secondary N) is 2. The molecule has 2 unspecified atom stereocenters. The number of H-pyrrole nitrogens is 1. The van der Waals surface area contributed by atoms with Crippen LogP contribution >= 0.6 is 0 Å². The summed E-state index contributed by atoms with van der Waals surface area (Å²) in [4.78, 5) is 4.77. The lowest BCUT2D eigenvalue weighted by molar-refractivity contribution is 0.185. The van der Waals surface area contributed by atoms with E-state index in [2.05, 4.69) is 28.2 Å². The molecule has 1 aromatic carbocycles. The molecule has 0 spiro atoms. The van der Waals surface area contributed by atoms with Gasteiger partial charge in [0.25, 0.3) is 0 Å². The minimum absolute atomic E-state index is 0.00899. The summed E-state index contributed by atoms with van der Waals surface area (Å²) in [7, 11) is 0. The Labute approximate surface area is 147 Å². The van der Waals surface area contributed by atoms with Gasteiger partial charge in [-0.25, -0.2) is 4.39 Å². The largest absolute Gasteiger partial charge is 0.314 e. The van der Waals surface area contributed by atoms with Crippen LogP contribution in [0.4, 0.5) is 4.39 Å². The first-order valence-corrected chi connectivity index (χ1v) is 8.78. The number of rotatable bonds is 5. The van der Waals surface area contributed by atoms with Crippen LogP contribution in [0.15, 0.2) is 41.9 Å². The molecular formula is C20H25FN4. The number of nitrogens with zero attached hydrogens (tertiary/aromatic N) is 2. The van der Waals surface area contributed by atoms with Crippen LogP contribution in [0, 0.1) is 12.8 Å². The van der Waals surface area contributed by atoms with Gasteiger partial charge in [-0.15, -0.1) is 0 Å². The van der Waals surface area contributed by atoms with Gasteiger partial charge >= 0.3 is 0 Å². The van der Waals surface area contributed by atoms with Gasteiger partial charge in [0.2, 0.25) is 0 Å². The summed E-state index contributed by atoms with van der Waals surface area (Å²) in [5.74, 6) is 0.00899. The Kier molecular flexibility index (Phi) is 5.43. The second-order valence-electron chi connectivity index (χ2n) is 6.53. The summed E-state index contributed by atoms with van der Waals surface area (Å²) in [6.07, 6.45) is 4.36. The van der Waals surface area contributed by atoms with Crippen LogP contribution in [-0.2, 0) is 0 Å². The fourth-order valence-electron chi connectivity index (χ4n) is 3.30. The van der Waals surface area contributed by atoms with E-state index in [1.54, 1.807) is 6.08 Å². The van der Waals surface area contributed by atoms with Gasteiger partial charge < -0.3 is 5.32 Å². The summed E-state index contributed by atoms with van der Waals surface area (Å²) in [6.45, 7) is 9.15. The van der Waals surface area contributed by atoms with E-state index in [-0.39, 0.29) is 5.92 Å². The van der Waals surface area contributed by atoms with Crippen molar-refractivity contribution in [1.82, 2.24) is 15.5 Å². The number of aryl methyl sites for hydroxylation is 1. The molecule has 1 aliphatic heterocycles. The number of hydrogen-bond acceptors (Lipinski definition) is 3. The van der Waals surface area contributed by atoms with Crippen molar-refractivity contribution in [3.05, 3.63) is 48.2 Å². The highest BCUT2D eigenvalue weighted by Gasteiger charge is 2.25. The smallest absolute Gasteiger partial charge is 0.116 e. The summed E-state index contributed by atoms with van der Waals surface area (Å²) in [6, 6.07) is 6.10. The van der Waals surface area contributed by atoms with Crippen LogP contribution in [-0.4, -0.2) is 35.2 Å². The molecule has 0 saturated carbocycles. The molecule has 0 radical (unpaired) electrons. The van der Waals surface area contributed by atoms with Gasteiger partial charge in [0.1, 0.15) is 6.17 Å². The average Bonchev–Trinajstić information content (AvgIpc) is 3.00. The molecule has 2 heterocycles. The van der Waals surface area contributed by atoms with Crippen molar-refractivity contribution in [2.75, 3.05) is 13.1 Å². The van der Waals surface area contributed by atoms with E-state index < -0.39 is 6.17 Å². The van der Waals surface area contributed by atoms with Crippen molar-refractivity contribution < 1.29 is 4.39 Å². The van der Waals surface area contributed by atoms with E-state index in [0.29, 0.717) is 13.0 Å². The molecule has 1 aliphatic rings. The Morgan fingerprint density at radius 3 is 3.04 bits per heavy atom. The Hall–Kier alpha value is -2.27. The SMILES string of the molecule is C=CC(CC1CCNCC1F)=N/C(=C\C)c1ccc2n[nH]c(C)c2c1. The van der Waals surface area contributed by atoms with Crippen molar-refractivity contribution in [2.24, 2.45) is 10.9 Å². The molecule has 132 valence electrons. The summed E-state index contributed by atoms with van der Waals surface area (Å²) < 4.78 is 14.1. The van der Waals surface area contributed by atoms with Crippen molar-refractivity contribution in [1.29, 1.82) is 0 Å². The van der Waals surface area contributed by atoms with Gasteiger partial charge in [-0.2, -0.15) is 5.10 Å². The third-order valence-corrected chi connectivity index (χ3v) is 4.83. The zero-order chi connectivity index (χ0) is 17.8. The second-order valence-corrected chi connectivity index (χ2v) is 6.53. The van der Waals surface area contributed by atoms with Crippen LogP contribution < -0.4 is 5.32 Å².